The molecule has 2 heterocycles. The van der Waals surface area contributed by atoms with Crippen molar-refractivity contribution < 1.29 is 18.3 Å². The lowest BCUT2D eigenvalue weighted by molar-refractivity contribution is 0.0313. The number of benzene rings is 2. The predicted octanol–water partition coefficient (Wildman–Crippen LogP) is 8.19. The summed E-state index contributed by atoms with van der Waals surface area (Å²) in [5, 5.41) is 0. The van der Waals surface area contributed by atoms with E-state index in [4.69, 9.17) is 9.47 Å². The molecule has 2 aromatic carbocycles. The Bertz CT molecular complexity index is 868. The van der Waals surface area contributed by atoms with Crippen LogP contribution in [0, 0.1) is 25.5 Å². The third-order valence-corrected chi connectivity index (χ3v) is 7.93. The molecule has 192 valence electrons. The van der Waals surface area contributed by atoms with E-state index in [-0.39, 0.29) is 11.6 Å². The molecule has 4 rings (SSSR count). The van der Waals surface area contributed by atoms with Crippen LogP contribution in [-0.2, 0) is 22.3 Å². The molecule has 0 saturated carbocycles. The SMILES string of the molecule is Cc1ccc(CCC2CCC(CCCCCC3CCC(CCc4ccc(C)c(F)c4)O3)O2)cc1F. The van der Waals surface area contributed by atoms with Crippen LogP contribution in [0.3, 0.4) is 0 Å². The van der Waals surface area contributed by atoms with Crippen LogP contribution in [0.15, 0.2) is 36.4 Å². The van der Waals surface area contributed by atoms with Crippen molar-refractivity contribution in [3.05, 3.63) is 70.3 Å². The maximum Gasteiger partial charge on any atom is 0.126 e. The fourth-order valence-corrected chi connectivity index (χ4v) is 5.57. The Kier molecular flexibility index (Phi) is 9.74. The van der Waals surface area contributed by atoms with Crippen molar-refractivity contribution in [3.63, 3.8) is 0 Å². The van der Waals surface area contributed by atoms with E-state index in [1.807, 2.05) is 24.3 Å². The highest BCUT2D eigenvalue weighted by atomic mass is 19.1. The van der Waals surface area contributed by atoms with Crippen molar-refractivity contribution in [2.45, 2.75) is 122 Å². The highest BCUT2D eigenvalue weighted by Crippen LogP contribution is 2.29. The summed E-state index contributed by atoms with van der Waals surface area (Å²) in [4.78, 5) is 0. The van der Waals surface area contributed by atoms with Crippen molar-refractivity contribution in [3.8, 4) is 0 Å². The molecule has 2 fully saturated rings. The zero-order valence-corrected chi connectivity index (χ0v) is 21.5. The van der Waals surface area contributed by atoms with Gasteiger partial charge in [-0.05, 0) is 112 Å². The van der Waals surface area contributed by atoms with Gasteiger partial charge in [0.25, 0.3) is 0 Å². The van der Waals surface area contributed by atoms with Crippen molar-refractivity contribution in [1.82, 2.24) is 0 Å². The van der Waals surface area contributed by atoms with Gasteiger partial charge in [0.05, 0.1) is 24.4 Å². The van der Waals surface area contributed by atoms with Gasteiger partial charge in [-0.2, -0.15) is 0 Å². The van der Waals surface area contributed by atoms with Gasteiger partial charge >= 0.3 is 0 Å². The molecular formula is C31H42F2O2. The number of ether oxygens (including phenoxy) is 2. The Hall–Kier alpha value is -1.78. The third kappa shape index (κ3) is 8.11. The van der Waals surface area contributed by atoms with Gasteiger partial charge in [0.1, 0.15) is 11.6 Å². The molecule has 35 heavy (non-hydrogen) atoms. The van der Waals surface area contributed by atoms with Gasteiger partial charge in [-0.3, -0.25) is 0 Å². The second-order valence-electron chi connectivity index (χ2n) is 10.8. The Morgan fingerprint density at radius 1 is 0.600 bits per heavy atom. The molecule has 2 aliphatic rings. The van der Waals surface area contributed by atoms with E-state index < -0.39 is 0 Å². The minimum Gasteiger partial charge on any atom is -0.375 e. The fourth-order valence-electron chi connectivity index (χ4n) is 5.57. The lowest BCUT2D eigenvalue weighted by Gasteiger charge is -2.15. The lowest BCUT2D eigenvalue weighted by atomic mass is 10.0. The quantitative estimate of drug-likeness (QED) is 0.283. The van der Waals surface area contributed by atoms with Crippen molar-refractivity contribution in [1.29, 1.82) is 0 Å². The summed E-state index contributed by atoms with van der Waals surface area (Å²) in [6, 6.07) is 11.1. The molecule has 2 aliphatic heterocycles. The van der Waals surface area contributed by atoms with E-state index in [0.29, 0.717) is 35.5 Å². The molecule has 0 bridgehead atoms. The van der Waals surface area contributed by atoms with Crippen LogP contribution >= 0.6 is 0 Å². The number of aryl methyl sites for hydroxylation is 4. The molecule has 0 N–H and O–H groups in total. The lowest BCUT2D eigenvalue weighted by Crippen LogP contribution is -2.12. The Morgan fingerprint density at radius 2 is 1.00 bits per heavy atom. The molecule has 0 aromatic heterocycles. The first-order valence-electron chi connectivity index (χ1n) is 13.8. The second kappa shape index (κ2) is 13.0. The topological polar surface area (TPSA) is 18.5 Å². The fraction of sp³-hybridized carbons (Fsp3) is 0.613. The van der Waals surface area contributed by atoms with Crippen LogP contribution < -0.4 is 0 Å². The summed E-state index contributed by atoms with van der Waals surface area (Å²) in [6.07, 6.45) is 15.7. The van der Waals surface area contributed by atoms with Crippen molar-refractivity contribution >= 4 is 0 Å². The smallest absolute Gasteiger partial charge is 0.126 e. The van der Waals surface area contributed by atoms with Crippen LogP contribution in [0.5, 0.6) is 0 Å². The van der Waals surface area contributed by atoms with E-state index in [9.17, 15) is 8.78 Å². The van der Waals surface area contributed by atoms with Gasteiger partial charge in [0.15, 0.2) is 0 Å². The minimum atomic E-state index is -0.106. The Morgan fingerprint density at radius 3 is 1.40 bits per heavy atom. The molecule has 2 saturated heterocycles. The zero-order valence-electron chi connectivity index (χ0n) is 21.5. The Labute approximate surface area is 210 Å². The normalized spacial score (nSPS) is 24.3. The monoisotopic (exact) mass is 484 g/mol. The summed E-state index contributed by atoms with van der Waals surface area (Å²) in [5.74, 6) is -0.213. The number of rotatable bonds is 12. The number of hydrogen-bond acceptors (Lipinski definition) is 2. The molecule has 2 nitrogen and oxygen atoms in total. The van der Waals surface area contributed by atoms with Crippen LogP contribution in [0.25, 0.3) is 0 Å². The summed E-state index contributed by atoms with van der Waals surface area (Å²) in [6.45, 7) is 3.61. The van der Waals surface area contributed by atoms with Gasteiger partial charge in [-0.15, -0.1) is 0 Å². The Balaban J connectivity index is 1.03. The molecule has 0 spiro atoms. The van der Waals surface area contributed by atoms with Crippen LogP contribution in [0.2, 0.25) is 0 Å². The molecule has 2 aromatic rings. The minimum absolute atomic E-state index is 0.106. The summed E-state index contributed by atoms with van der Waals surface area (Å²) in [5.41, 5.74) is 3.56. The first-order chi connectivity index (χ1) is 17.0. The van der Waals surface area contributed by atoms with Gasteiger partial charge in [-0.1, -0.05) is 43.5 Å². The largest absolute Gasteiger partial charge is 0.375 e. The van der Waals surface area contributed by atoms with Gasteiger partial charge in [0.2, 0.25) is 0 Å². The molecule has 0 aliphatic carbocycles. The van der Waals surface area contributed by atoms with E-state index in [1.54, 1.807) is 26.0 Å². The molecular weight excluding hydrogens is 442 g/mol. The second-order valence-corrected chi connectivity index (χ2v) is 10.8. The van der Waals surface area contributed by atoms with E-state index >= 15 is 0 Å². The van der Waals surface area contributed by atoms with Crippen LogP contribution in [0.1, 0.15) is 92.9 Å². The molecule has 4 unspecified atom stereocenters. The number of halogens is 2. The average Bonchev–Trinajstić information content (AvgIpc) is 3.50. The first-order valence-corrected chi connectivity index (χ1v) is 13.8. The van der Waals surface area contributed by atoms with Crippen LogP contribution in [-0.4, -0.2) is 24.4 Å². The molecule has 0 radical (unpaired) electrons. The summed E-state index contributed by atoms with van der Waals surface area (Å²) < 4.78 is 40.0. The van der Waals surface area contributed by atoms with E-state index in [2.05, 4.69) is 0 Å². The average molecular weight is 485 g/mol. The van der Waals surface area contributed by atoms with E-state index in [1.165, 1.54) is 19.3 Å². The van der Waals surface area contributed by atoms with E-state index in [0.717, 1.165) is 75.3 Å². The number of hydrogen-bond donors (Lipinski definition) is 0. The van der Waals surface area contributed by atoms with Crippen LogP contribution in [0.4, 0.5) is 8.78 Å². The van der Waals surface area contributed by atoms with Gasteiger partial charge in [0, 0.05) is 0 Å². The zero-order chi connectivity index (χ0) is 24.6. The van der Waals surface area contributed by atoms with Crippen molar-refractivity contribution in [2.75, 3.05) is 0 Å². The molecule has 0 amide bonds. The summed E-state index contributed by atoms with van der Waals surface area (Å²) in [7, 11) is 0. The first kappa shape index (κ1) is 26.3. The highest BCUT2D eigenvalue weighted by molar-refractivity contribution is 5.24. The highest BCUT2D eigenvalue weighted by Gasteiger charge is 2.26. The maximum atomic E-state index is 13.7. The van der Waals surface area contributed by atoms with Gasteiger partial charge < -0.3 is 9.47 Å². The maximum absolute atomic E-state index is 13.7. The predicted molar refractivity (Wildman–Crippen MR) is 138 cm³/mol. The number of unbranched alkanes of at least 4 members (excludes halogenated alkanes) is 2. The molecule has 4 atom stereocenters. The third-order valence-electron chi connectivity index (χ3n) is 7.93. The molecule has 4 heteroatoms. The van der Waals surface area contributed by atoms with Gasteiger partial charge in [-0.25, -0.2) is 8.78 Å². The standard InChI is InChI=1S/C31H42F2O2/c1-22-8-10-24(20-30(22)32)12-14-28-18-16-26(34-28)6-4-3-5-7-27-17-19-29(35-27)15-13-25-11-9-23(2)31(33)21-25/h8-11,20-21,26-29H,3-7,12-19H2,1-2H3. The van der Waals surface area contributed by atoms with Crippen molar-refractivity contribution in [2.24, 2.45) is 0 Å². The summed E-state index contributed by atoms with van der Waals surface area (Å²) >= 11 is 0.